The molecule has 1 heterocycles. The molecule has 0 bridgehead atoms. The van der Waals surface area contributed by atoms with Gasteiger partial charge in [0, 0.05) is 25.0 Å². The van der Waals surface area contributed by atoms with Crippen LogP contribution in [0.5, 0.6) is 0 Å². The molecule has 3 heteroatoms. The first kappa shape index (κ1) is 21.5. The van der Waals surface area contributed by atoms with Crippen molar-refractivity contribution in [3.05, 3.63) is 84.2 Å². The summed E-state index contributed by atoms with van der Waals surface area (Å²) in [6.45, 7) is 7.32. The second-order valence-corrected chi connectivity index (χ2v) is 10.9. The number of piperidine rings is 1. The molecule has 1 fully saturated rings. The van der Waals surface area contributed by atoms with Gasteiger partial charge in [-0.25, -0.2) is 0 Å². The third-order valence-electron chi connectivity index (χ3n) is 6.65. The molecule has 0 N–H and O–H groups in total. The van der Waals surface area contributed by atoms with Crippen LogP contribution in [-0.2, 0) is 0 Å². The Morgan fingerprint density at radius 1 is 0.933 bits per heavy atom. The van der Waals surface area contributed by atoms with Crippen molar-refractivity contribution in [3.8, 4) is 0 Å². The maximum atomic E-state index is 2.65. The molecule has 2 aromatic carbocycles. The van der Waals surface area contributed by atoms with Crippen molar-refractivity contribution in [3.63, 3.8) is 0 Å². The van der Waals surface area contributed by atoms with Gasteiger partial charge in [-0.05, 0) is 63.7 Å². The van der Waals surface area contributed by atoms with Gasteiger partial charge in [0.1, 0.15) is 0 Å². The molecule has 30 heavy (non-hydrogen) atoms. The van der Waals surface area contributed by atoms with Gasteiger partial charge < -0.3 is 9.80 Å². The molecule has 158 valence electrons. The lowest BCUT2D eigenvalue weighted by Gasteiger charge is -2.35. The maximum Gasteiger partial charge on any atom is 0.0185 e. The second kappa shape index (κ2) is 10.5. The molecule has 2 aliphatic rings. The number of hydrogen-bond donors (Lipinski definition) is 0. The molecule has 1 saturated heterocycles. The fraction of sp³-hybridized carbons (Fsp3) is 0.407. The number of allylic oxidation sites excluding steroid dienone is 2. The van der Waals surface area contributed by atoms with Gasteiger partial charge in [0.25, 0.3) is 0 Å². The molecule has 4 rings (SSSR count). The molecular formula is C27H35N2P. The monoisotopic (exact) mass is 418 g/mol. The van der Waals surface area contributed by atoms with E-state index >= 15 is 0 Å². The quantitative estimate of drug-likeness (QED) is 0.557. The summed E-state index contributed by atoms with van der Waals surface area (Å²) in [5, 5.41) is 4.48. The highest BCUT2D eigenvalue weighted by Gasteiger charge is 2.31. The van der Waals surface area contributed by atoms with Crippen LogP contribution in [0.25, 0.3) is 0 Å². The molecule has 2 aromatic rings. The van der Waals surface area contributed by atoms with Crippen molar-refractivity contribution in [1.82, 2.24) is 9.80 Å². The highest BCUT2D eigenvalue weighted by molar-refractivity contribution is 7.76. The van der Waals surface area contributed by atoms with Gasteiger partial charge in [0.2, 0.25) is 0 Å². The summed E-state index contributed by atoms with van der Waals surface area (Å²) < 4.78 is 0. The zero-order chi connectivity index (χ0) is 20.8. The van der Waals surface area contributed by atoms with Crippen LogP contribution in [0.3, 0.4) is 0 Å². The molecule has 2 atom stereocenters. The van der Waals surface area contributed by atoms with Gasteiger partial charge in [-0.3, -0.25) is 0 Å². The fourth-order valence-corrected chi connectivity index (χ4v) is 7.35. The van der Waals surface area contributed by atoms with E-state index in [9.17, 15) is 0 Å². The molecule has 0 aromatic heterocycles. The molecule has 0 spiro atoms. The predicted octanol–water partition coefficient (Wildman–Crippen LogP) is 5.00. The van der Waals surface area contributed by atoms with Gasteiger partial charge in [-0.2, -0.15) is 0 Å². The molecule has 0 amide bonds. The molecule has 0 saturated carbocycles. The number of nitrogens with zero attached hydrogens (tertiary/aromatic N) is 2. The highest BCUT2D eigenvalue weighted by Crippen LogP contribution is 2.50. The zero-order valence-electron chi connectivity index (χ0n) is 18.5. The van der Waals surface area contributed by atoms with Crippen molar-refractivity contribution in [2.75, 3.05) is 33.2 Å². The summed E-state index contributed by atoms with van der Waals surface area (Å²) in [4.78, 5) is 5.22. The van der Waals surface area contributed by atoms with E-state index < -0.39 is 7.92 Å². The normalized spacial score (nSPS) is 20.7. The second-order valence-electron chi connectivity index (χ2n) is 8.63. The van der Waals surface area contributed by atoms with Crippen molar-refractivity contribution in [1.29, 1.82) is 0 Å². The van der Waals surface area contributed by atoms with E-state index in [2.05, 4.69) is 103 Å². The number of likely N-dealkylation sites (N-methyl/N-ethyl adjacent to an activating group) is 1. The van der Waals surface area contributed by atoms with Gasteiger partial charge in [-0.1, -0.05) is 85.3 Å². The maximum absolute atomic E-state index is 2.65. The first-order valence-electron chi connectivity index (χ1n) is 11.5. The molecule has 2 nitrogen and oxygen atoms in total. The Morgan fingerprint density at radius 2 is 1.53 bits per heavy atom. The Morgan fingerprint density at radius 3 is 2.13 bits per heavy atom. The van der Waals surface area contributed by atoms with Crippen LogP contribution in [0.2, 0.25) is 0 Å². The zero-order valence-corrected chi connectivity index (χ0v) is 19.3. The van der Waals surface area contributed by atoms with Crippen LogP contribution >= 0.6 is 7.92 Å². The number of likely N-dealkylation sites (tertiary alicyclic amines) is 1. The fourth-order valence-electron chi connectivity index (χ4n) is 4.68. The summed E-state index contributed by atoms with van der Waals surface area (Å²) in [5.41, 5.74) is 0. The number of benzene rings is 2. The Labute approximate surface area is 184 Å². The van der Waals surface area contributed by atoms with Crippen LogP contribution < -0.4 is 10.6 Å². The number of hydrogen-bond acceptors (Lipinski definition) is 2. The van der Waals surface area contributed by atoms with Crippen molar-refractivity contribution < 1.29 is 0 Å². The summed E-state index contributed by atoms with van der Waals surface area (Å²) in [5.74, 6) is 0.475. The molecule has 1 aliphatic heterocycles. The van der Waals surface area contributed by atoms with E-state index in [1.54, 1.807) is 5.31 Å². The topological polar surface area (TPSA) is 6.48 Å². The lowest BCUT2D eigenvalue weighted by molar-refractivity contribution is 0.167. The minimum atomic E-state index is -0.508. The molecule has 1 aliphatic carbocycles. The third kappa shape index (κ3) is 5.11. The van der Waals surface area contributed by atoms with Crippen LogP contribution in [0.4, 0.5) is 0 Å². The van der Waals surface area contributed by atoms with Crippen molar-refractivity contribution in [2.45, 2.75) is 32.2 Å². The van der Waals surface area contributed by atoms with Crippen LogP contribution in [-0.4, -0.2) is 49.1 Å². The summed E-state index contributed by atoms with van der Waals surface area (Å²) in [6.07, 6.45) is 11.3. The summed E-state index contributed by atoms with van der Waals surface area (Å²) >= 11 is 0. The van der Waals surface area contributed by atoms with Gasteiger partial charge in [-0.15, -0.1) is 0 Å². The predicted molar refractivity (Wildman–Crippen MR) is 132 cm³/mol. The SMILES string of the molecule is CC(C1C=CC=C1P(c1ccccc1)c1ccccc1)N(C)CCN1CCCCC1. The van der Waals surface area contributed by atoms with E-state index in [1.165, 1.54) is 49.5 Å². The van der Waals surface area contributed by atoms with Gasteiger partial charge in [0.05, 0.1) is 0 Å². The van der Waals surface area contributed by atoms with Crippen LogP contribution in [0, 0.1) is 5.92 Å². The number of rotatable bonds is 8. The minimum absolute atomic E-state index is 0.475. The first-order valence-corrected chi connectivity index (χ1v) is 12.8. The lowest BCUT2D eigenvalue weighted by Crippen LogP contribution is -2.42. The van der Waals surface area contributed by atoms with Crippen LogP contribution in [0.15, 0.2) is 84.2 Å². The summed E-state index contributed by atoms with van der Waals surface area (Å²) in [7, 11) is 1.80. The van der Waals surface area contributed by atoms with Gasteiger partial charge in [0.15, 0.2) is 0 Å². The van der Waals surface area contributed by atoms with E-state index in [0.717, 1.165) is 6.54 Å². The van der Waals surface area contributed by atoms with Gasteiger partial charge >= 0.3 is 0 Å². The molecular weight excluding hydrogens is 383 g/mol. The lowest BCUT2D eigenvalue weighted by atomic mass is 10.0. The average Bonchev–Trinajstić information content (AvgIpc) is 3.28. The Hall–Kier alpha value is -1.73. The highest BCUT2D eigenvalue weighted by atomic mass is 31.1. The largest absolute Gasteiger partial charge is 0.302 e. The Balaban J connectivity index is 1.50. The Bertz CT molecular complexity index is 800. The first-order chi connectivity index (χ1) is 14.7. The minimum Gasteiger partial charge on any atom is -0.302 e. The average molecular weight is 419 g/mol. The summed E-state index contributed by atoms with van der Waals surface area (Å²) in [6, 6.07) is 22.7. The van der Waals surface area contributed by atoms with E-state index in [1.807, 2.05) is 0 Å². The molecule has 0 radical (unpaired) electrons. The van der Waals surface area contributed by atoms with E-state index in [0.29, 0.717) is 12.0 Å². The Kier molecular flexibility index (Phi) is 7.55. The van der Waals surface area contributed by atoms with E-state index in [4.69, 9.17) is 0 Å². The van der Waals surface area contributed by atoms with Crippen LogP contribution in [0.1, 0.15) is 26.2 Å². The standard InChI is InChI=1S/C27H35N2P/c1-23(28(2)21-22-29-19-10-5-11-20-29)26-17-12-18-27(26)30(24-13-6-3-7-14-24)25-15-8-4-9-16-25/h3-4,6-9,12-18,23,26H,5,10-11,19-22H2,1-2H3. The van der Waals surface area contributed by atoms with Crippen molar-refractivity contribution >= 4 is 18.5 Å². The molecule has 2 unspecified atom stereocenters. The van der Waals surface area contributed by atoms with Crippen molar-refractivity contribution in [2.24, 2.45) is 5.92 Å². The third-order valence-corrected chi connectivity index (χ3v) is 9.24. The smallest absolute Gasteiger partial charge is 0.0185 e. The van der Waals surface area contributed by atoms with E-state index in [-0.39, 0.29) is 0 Å².